The van der Waals surface area contributed by atoms with Crippen LogP contribution in [0.2, 0.25) is 0 Å². The van der Waals surface area contributed by atoms with Gasteiger partial charge in [0.05, 0.1) is 13.1 Å². The molecule has 2 rings (SSSR count). The molecule has 0 N–H and O–H groups in total. The zero-order valence-electron chi connectivity index (χ0n) is 19.3. The van der Waals surface area contributed by atoms with Gasteiger partial charge >= 0.3 is 0 Å². The Morgan fingerprint density at radius 3 is 2.39 bits per heavy atom. The minimum absolute atomic E-state index is 0.0230. The van der Waals surface area contributed by atoms with Crippen LogP contribution in [0.4, 0.5) is 0 Å². The first-order valence-corrected chi connectivity index (χ1v) is 12.0. The molecule has 1 heterocycles. The lowest BCUT2D eigenvalue weighted by Crippen LogP contribution is -2.43. The van der Waals surface area contributed by atoms with E-state index in [1.54, 1.807) is 16.2 Å². The minimum Gasteiger partial charge on any atom is -0.382 e. The van der Waals surface area contributed by atoms with Crippen LogP contribution in [0.5, 0.6) is 0 Å². The van der Waals surface area contributed by atoms with Crippen molar-refractivity contribution in [3.63, 3.8) is 0 Å². The van der Waals surface area contributed by atoms with E-state index >= 15 is 0 Å². The molecule has 5 nitrogen and oxygen atoms in total. The second-order valence-corrected chi connectivity index (χ2v) is 9.23. The first kappa shape index (κ1) is 25.1. The highest BCUT2D eigenvalue weighted by Crippen LogP contribution is 2.20. The molecule has 1 aromatic heterocycles. The van der Waals surface area contributed by atoms with Gasteiger partial charge in [-0.15, -0.1) is 11.3 Å². The number of aryl methyl sites for hydroxylation is 1. The highest BCUT2D eigenvalue weighted by atomic mass is 32.1. The van der Waals surface area contributed by atoms with Crippen molar-refractivity contribution in [3.8, 4) is 0 Å². The number of rotatable bonds is 13. The molecule has 170 valence electrons. The van der Waals surface area contributed by atoms with E-state index in [0.29, 0.717) is 39.3 Å². The number of hydrogen-bond donors (Lipinski definition) is 0. The second-order valence-electron chi connectivity index (χ2n) is 8.23. The van der Waals surface area contributed by atoms with Crippen molar-refractivity contribution in [2.45, 2.75) is 53.6 Å². The van der Waals surface area contributed by atoms with E-state index < -0.39 is 0 Å². The smallest absolute Gasteiger partial charge is 0.242 e. The Balaban J connectivity index is 2.13. The van der Waals surface area contributed by atoms with Crippen molar-refractivity contribution >= 4 is 23.2 Å². The molecule has 0 unspecified atom stereocenters. The summed E-state index contributed by atoms with van der Waals surface area (Å²) in [5.41, 5.74) is 2.28. The average molecular weight is 445 g/mol. The van der Waals surface area contributed by atoms with Crippen LogP contribution in [0.1, 0.15) is 49.6 Å². The molecule has 0 spiro atoms. The number of amides is 2. The third-order valence-corrected chi connectivity index (χ3v) is 6.06. The summed E-state index contributed by atoms with van der Waals surface area (Å²) in [5.74, 6) is 0.267. The van der Waals surface area contributed by atoms with Crippen LogP contribution in [-0.4, -0.2) is 47.9 Å². The summed E-state index contributed by atoms with van der Waals surface area (Å²) in [5, 5.41) is 2.06. The molecule has 2 amide bonds. The van der Waals surface area contributed by atoms with Gasteiger partial charge in [0.25, 0.3) is 0 Å². The van der Waals surface area contributed by atoms with Crippen LogP contribution in [0.25, 0.3) is 0 Å². The monoisotopic (exact) mass is 444 g/mol. The Morgan fingerprint density at radius 2 is 1.77 bits per heavy atom. The van der Waals surface area contributed by atoms with E-state index in [9.17, 15) is 9.59 Å². The number of hydrogen-bond acceptors (Lipinski definition) is 4. The Kier molecular flexibility index (Phi) is 10.7. The number of thiophene rings is 1. The summed E-state index contributed by atoms with van der Waals surface area (Å²) in [6, 6.07) is 12.1. The fraction of sp³-hybridized carbons (Fsp3) is 0.520. The summed E-state index contributed by atoms with van der Waals surface area (Å²) in [4.78, 5) is 31.0. The molecular formula is C25H36N2O3S. The molecule has 0 fully saturated rings. The summed E-state index contributed by atoms with van der Waals surface area (Å²) >= 11 is 1.67. The number of ether oxygens (including phenoxy) is 1. The first-order chi connectivity index (χ1) is 14.9. The third kappa shape index (κ3) is 8.83. The Morgan fingerprint density at radius 1 is 1.03 bits per heavy atom. The predicted molar refractivity (Wildman–Crippen MR) is 127 cm³/mol. The van der Waals surface area contributed by atoms with Crippen LogP contribution < -0.4 is 0 Å². The van der Waals surface area contributed by atoms with Gasteiger partial charge in [0, 0.05) is 37.6 Å². The third-order valence-electron chi connectivity index (χ3n) is 5.05. The van der Waals surface area contributed by atoms with E-state index in [1.165, 1.54) is 10.4 Å². The molecule has 0 saturated heterocycles. The fourth-order valence-electron chi connectivity index (χ4n) is 3.31. The van der Waals surface area contributed by atoms with E-state index in [1.807, 2.05) is 56.0 Å². The van der Waals surface area contributed by atoms with Crippen LogP contribution in [-0.2, 0) is 27.4 Å². The maximum absolute atomic E-state index is 13.4. The van der Waals surface area contributed by atoms with Crippen molar-refractivity contribution in [1.82, 2.24) is 9.80 Å². The van der Waals surface area contributed by atoms with Gasteiger partial charge in [-0.1, -0.05) is 44.2 Å². The van der Waals surface area contributed by atoms with Crippen LogP contribution in [0, 0.1) is 12.8 Å². The number of nitrogens with zero attached hydrogens (tertiary/aromatic N) is 2. The molecular weight excluding hydrogens is 408 g/mol. The van der Waals surface area contributed by atoms with Crippen molar-refractivity contribution in [2.75, 3.05) is 26.3 Å². The molecule has 1 aromatic carbocycles. The van der Waals surface area contributed by atoms with Gasteiger partial charge in [-0.05, 0) is 48.8 Å². The Hall–Kier alpha value is -2.18. The van der Waals surface area contributed by atoms with Crippen molar-refractivity contribution in [2.24, 2.45) is 5.92 Å². The molecule has 6 heteroatoms. The van der Waals surface area contributed by atoms with E-state index in [2.05, 4.69) is 18.4 Å². The molecule has 0 bridgehead atoms. The number of benzene rings is 1. The molecule has 0 saturated carbocycles. The van der Waals surface area contributed by atoms with Crippen LogP contribution >= 0.6 is 11.3 Å². The normalized spacial score (nSPS) is 11.0. The fourth-order valence-corrected chi connectivity index (χ4v) is 4.23. The van der Waals surface area contributed by atoms with E-state index in [0.717, 1.165) is 12.0 Å². The largest absolute Gasteiger partial charge is 0.382 e. The summed E-state index contributed by atoms with van der Waals surface area (Å²) in [6.07, 6.45) is 1.18. The van der Waals surface area contributed by atoms with Gasteiger partial charge < -0.3 is 14.5 Å². The maximum atomic E-state index is 13.4. The lowest BCUT2D eigenvalue weighted by molar-refractivity contribution is -0.141. The van der Waals surface area contributed by atoms with E-state index in [-0.39, 0.29) is 24.3 Å². The van der Waals surface area contributed by atoms with Crippen molar-refractivity contribution in [1.29, 1.82) is 0 Å². The quantitative estimate of drug-likeness (QED) is 0.414. The molecule has 31 heavy (non-hydrogen) atoms. The first-order valence-electron chi connectivity index (χ1n) is 11.1. The topological polar surface area (TPSA) is 49.9 Å². The summed E-state index contributed by atoms with van der Waals surface area (Å²) in [7, 11) is 0. The second kappa shape index (κ2) is 13.3. The summed E-state index contributed by atoms with van der Waals surface area (Å²) < 4.78 is 5.43. The average Bonchev–Trinajstić information content (AvgIpc) is 3.14. The van der Waals surface area contributed by atoms with E-state index in [4.69, 9.17) is 4.74 Å². The van der Waals surface area contributed by atoms with Gasteiger partial charge in [0.15, 0.2) is 0 Å². The predicted octanol–water partition coefficient (Wildman–Crippen LogP) is 4.89. The standard InChI is InChI=1S/C25H36N2O3S/c1-5-30-14-9-13-26(24(28)16-20(2)3)19-25(29)27(17-22-10-7-6-8-11-22)18-23-21(4)12-15-31-23/h6-8,10-12,15,20H,5,9,13-14,16-19H2,1-4H3. The lowest BCUT2D eigenvalue weighted by Gasteiger charge is -2.28. The Labute approximate surface area is 191 Å². The molecule has 0 aliphatic heterocycles. The van der Waals surface area contributed by atoms with Gasteiger partial charge in [0.2, 0.25) is 11.8 Å². The Bertz CT molecular complexity index is 804. The van der Waals surface area contributed by atoms with Gasteiger partial charge in [-0.2, -0.15) is 0 Å². The van der Waals surface area contributed by atoms with Gasteiger partial charge in [-0.3, -0.25) is 9.59 Å². The van der Waals surface area contributed by atoms with Gasteiger partial charge in [0.1, 0.15) is 0 Å². The highest BCUT2D eigenvalue weighted by Gasteiger charge is 2.23. The van der Waals surface area contributed by atoms with Crippen LogP contribution in [0.3, 0.4) is 0 Å². The molecule has 0 atom stereocenters. The molecule has 0 aliphatic carbocycles. The lowest BCUT2D eigenvalue weighted by atomic mass is 10.1. The van der Waals surface area contributed by atoms with Crippen molar-refractivity contribution < 1.29 is 14.3 Å². The number of carbonyl (C=O) groups excluding carboxylic acids is 2. The maximum Gasteiger partial charge on any atom is 0.242 e. The van der Waals surface area contributed by atoms with Crippen molar-refractivity contribution in [3.05, 3.63) is 57.8 Å². The molecule has 0 radical (unpaired) electrons. The molecule has 0 aliphatic rings. The zero-order valence-corrected chi connectivity index (χ0v) is 20.1. The molecule has 2 aromatic rings. The SMILES string of the molecule is CCOCCCN(CC(=O)N(Cc1ccccc1)Cc1sccc1C)C(=O)CC(C)C. The highest BCUT2D eigenvalue weighted by molar-refractivity contribution is 7.10. The van der Waals surface area contributed by atoms with Gasteiger partial charge in [-0.25, -0.2) is 0 Å². The summed E-state index contributed by atoms with van der Waals surface area (Å²) in [6.45, 7) is 11.1. The zero-order chi connectivity index (χ0) is 22.6. The number of carbonyl (C=O) groups is 2. The minimum atomic E-state index is -0.0230. The van der Waals surface area contributed by atoms with Crippen LogP contribution in [0.15, 0.2) is 41.8 Å².